The predicted octanol–water partition coefficient (Wildman–Crippen LogP) is 2.09. The van der Waals surface area contributed by atoms with Crippen molar-refractivity contribution < 1.29 is 8.42 Å². The van der Waals surface area contributed by atoms with Crippen molar-refractivity contribution in [2.75, 3.05) is 12.3 Å². The van der Waals surface area contributed by atoms with E-state index in [1.807, 2.05) is 31.2 Å². The molecule has 5 nitrogen and oxygen atoms in total. The van der Waals surface area contributed by atoms with Crippen molar-refractivity contribution in [3.63, 3.8) is 0 Å². The van der Waals surface area contributed by atoms with Crippen LogP contribution in [-0.4, -0.2) is 35.2 Å². The van der Waals surface area contributed by atoms with E-state index in [0.717, 1.165) is 22.5 Å². The van der Waals surface area contributed by atoms with E-state index in [-0.39, 0.29) is 5.75 Å². The first kappa shape index (κ1) is 14.3. The highest BCUT2D eigenvalue weighted by Gasteiger charge is 2.28. The van der Waals surface area contributed by atoms with Crippen molar-refractivity contribution in [1.29, 1.82) is 0 Å². The second-order valence-corrected chi connectivity index (χ2v) is 7.64. The first-order valence-electron chi connectivity index (χ1n) is 7.12. The molecule has 0 unspecified atom stereocenters. The van der Waals surface area contributed by atoms with Crippen LogP contribution in [0.25, 0.3) is 11.3 Å². The van der Waals surface area contributed by atoms with E-state index in [4.69, 9.17) is 0 Å². The highest BCUT2D eigenvalue weighted by molar-refractivity contribution is 7.89. The third-order valence-electron chi connectivity index (χ3n) is 3.98. The molecule has 0 aliphatic carbocycles. The van der Waals surface area contributed by atoms with Crippen LogP contribution in [0.4, 0.5) is 0 Å². The minimum atomic E-state index is -3.16. The monoisotopic (exact) mass is 305 g/mol. The van der Waals surface area contributed by atoms with E-state index in [0.29, 0.717) is 19.5 Å². The molecule has 1 aromatic heterocycles. The lowest BCUT2D eigenvalue weighted by molar-refractivity contribution is 0.391. The molecule has 6 heteroatoms. The highest BCUT2D eigenvalue weighted by atomic mass is 32.2. The van der Waals surface area contributed by atoms with Crippen molar-refractivity contribution in [2.45, 2.75) is 26.8 Å². The van der Waals surface area contributed by atoms with Gasteiger partial charge in [-0.1, -0.05) is 29.8 Å². The van der Waals surface area contributed by atoms with Gasteiger partial charge in [-0.05, 0) is 13.8 Å². The molecule has 2 heterocycles. The third kappa shape index (κ3) is 2.61. The number of aromatic amines is 1. The summed E-state index contributed by atoms with van der Waals surface area (Å²) in [5.74, 6) is 0.139. The van der Waals surface area contributed by atoms with Gasteiger partial charge >= 0.3 is 0 Å². The quantitative estimate of drug-likeness (QED) is 0.944. The fourth-order valence-electron chi connectivity index (χ4n) is 2.64. The number of aromatic nitrogens is 2. The predicted molar refractivity (Wildman–Crippen MR) is 82.3 cm³/mol. The molecule has 3 rings (SSSR count). The van der Waals surface area contributed by atoms with Crippen molar-refractivity contribution in [3.8, 4) is 11.3 Å². The summed E-state index contributed by atoms with van der Waals surface area (Å²) < 4.78 is 25.7. The van der Waals surface area contributed by atoms with Gasteiger partial charge < -0.3 is 0 Å². The molecule has 0 fully saturated rings. The average Bonchev–Trinajstić information content (AvgIpc) is 2.91. The molecule has 0 saturated carbocycles. The van der Waals surface area contributed by atoms with Crippen LogP contribution in [0.1, 0.15) is 23.7 Å². The Morgan fingerprint density at radius 2 is 2.00 bits per heavy atom. The second-order valence-electron chi connectivity index (χ2n) is 5.38. The van der Waals surface area contributed by atoms with Gasteiger partial charge in [0.15, 0.2) is 0 Å². The maximum Gasteiger partial charge on any atom is 0.214 e. The van der Waals surface area contributed by atoms with Gasteiger partial charge in [0.25, 0.3) is 0 Å². The van der Waals surface area contributed by atoms with Gasteiger partial charge in [0.05, 0.1) is 11.4 Å². The lowest BCUT2D eigenvalue weighted by Gasteiger charge is -2.25. The van der Waals surface area contributed by atoms with Crippen molar-refractivity contribution in [1.82, 2.24) is 14.5 Å². The Morgan fingerprint density at radius 1 is 1.29 bits per heavy atom. The van der Waals surface area contributed by atoms with Gasteiger partial charge in [-0.3, -0.25) is 5.10 Å². The summed E-state index contributed by atoms with van der Waals surface area (Å²) in [6.07, 6.45) is 0.688. The van der Waals surface area contributed by atoms with Gasteiger partial charge in [-0.15, -0.1) is 0 Å². The number of hydrogen-bond donors (Lipinski definition) is 1. The van der Waals surface area contributed by atoms with Crippen molar-refractivity contribution in [3.05, 3.63) is 41.1 Å². The van der Waals surface area contributed by atoms with E-state index in [2.05, 4.69) is 10.2 Å². The number of nitrogens with one attached hydrogen (secondary N) is 1. The van der Waals surface area contributed by atoms with E-state index in [9.17, 15) is 8.42 Å². The number of benzene rings is 1. The summed E-state index contributed by atoms with van der Waals surface area (Å²) >= 11 is 0. The Morgan fingerprint density at radius 3 is 2.67 bits per heavy atom. The largest absolute Gasteiger partial charge is 0.282 e. The Balaban J connectivity index is 1.98. The maximum atomic E-state index is 12.1. The molecule has 1 aliphatic heterocycles. The summed E-state index contributed by atoms with van der Waals surface area (Å²) in [7, 11) is -3.16. The highest BCUT2D eigenvalue weighted by Crippen LogP contribution is 2.29. The SMILES string of the molecule is CCS(=O)(=O)N1CCc2[nH]nc(-c3ccc(C)cc3)c2C1. The number of fused-ring (bicyclic) bond motifs is 1. The summed E-state index contributed by atoms with van der Waals surface area (Å²) in [6.45, 7) is 4.66. The average molecular weight is 305 g/mol. The Bertz CT molecular complexity index is 748. The Kier molecular flexibility index (Phi) is 3.59. The van der Waals surface area contributed by atoms with Crippen LogP contribution in [0.2, 0.25) is 0 Å². The molecule has 1 N–H and O–H groups in total. The van der Waals surface area contributed by atoms with E-state index < -0.39 is 10.0 Å². The molecule has 0 amide bonds. The van der Waals surface area contributed by atoms with E-state index >= 15 is 0 Å². The number of sulfonamides is 1. The van der Waals surface area contributed by atoms with Gasteiger partial charge in [0, 0.05) is 36.3 Å². The van der Waals surface area contributed by atoms with Gasteiger partial charge in [0.1, 0.15) is 0 Å². The summed E-state index contributed by atoms with van der Waals surface area (Å²) in [5, 5.41) is 7.45. The van der Waals surface area contributed by atoms with Crippen LogP contribution in [0, 0.1) is 6.92 Å². The minimum absolute atomic E-state index is 0.139. The van der Waals surface area contributed by atoms with Crippen LogP contribution >= 0.6 is 0 Å². The van der Waals surface area contributed by atoms with Gasteiger partial charge in [-0.2, -0.15) is 9.40 Å². The van der Waals surface area contributed by atoms with Crippen molar-refractivity contribution >= 4 is 10.0 Å². The molecule has 112 valence electrons. The number of H-pyrrole nitrogens is 1. The first-order valence-corrected chi connectivity index (χ1v) is 8.73. The third-order valence-corrected chi connectivity index (χ3v) is 5.81. The van der Waals surface area contributed by atoms with Gasteiger partial charge in [-0.25, -0.2) is 8.42 Å². The molecule has 1 aromatic carbocycles. The van der Waals surface area contributed by atoms with Gasteiger partial charge in [0.2, 0.25) is 10.0 Å². The fourth-order valence-corrected chi connectivity index (χ4v) is 3.70. The summed E-state index contributed by atoms with van der Waals surface area (Å²) in [5.41, 5.74) is 5.13. The zero-order chi connectivity index (χ0) is 15.0. The molecule has 0 radical (unpaired) electrons. The summed E-state index contributed by atoms with van der Waals surface area (Å²) in [4.78, 5) is 0. The zero-order valence-electron chi connectivity index (χ0n) is 12.3. The maximum absolute atomic E-state index is 12.1. The molecular weight excluding hydrogens is 286 g/mol. The molecule has 0 saturated heterocycles. The minimum Gasteiger partial charge on any atom is -0.282 e. The Hall–Kier alpha value is -1.66. The van der Waals surface area contributed by atoms with Crippen LogP contribution in [0.15, 0.2) is 24.3 Å². The summed E-state index contributed by atoms with van der Waals surface area (Å²) in [6, 6.07) is 8.14. The molecule has 1 aliphatic rings. The van der Waals surface area contributed by atoms with Crippen LogP contribution in [0.3, 0.4) is 0 Å². The zero-order valence-corrected chi connectivity index (χ0v) is 13.1. The van der Waals surface area contributed by atoms with Crippen molar-refractivity contribution in [2.24, 2.45) is 0 Å². The normalized spacial score (nSPS) is 15.9. The van der Waals surface area contributed by atoms with E-state index in [1.165, 1.54) is 5.56 Å². The molecule has 0 bridgehead atoms. The first-order chi connectivity index (χ1) is 10.0. The smallest absolute Gasteiger partial charge is 0.214 e. The topological polar surface area (TPSA) is 66.1 Å². The standard InChI is InChI=1S/C15H19N3O2S/c1-3-21(19,20)18-9-8-14-13(10-18)15(17-16-14)12-6-4-11(2)5-7-12/h4-7H,3,8-10H2,1-2H3,(H,16,17). The van der Waals surface area contributed by atoms with Crippen LogP contribution in [-0.2, 0) is 23.0 Å². The lowest BCUT2D eigenvalue weighted by atomic mass is 10.0. The second kappa shape index (κ2) is 5.27. The number of nitrogens with zero attached hydrogens (tertiary/aromatic N) is 2. The Labute approximate surface area is 125 Å². The van der Waals surface area contributed by atoms with Crippen LogP contribution < -0.4 is 0 Å². The molecule has 0 atom stereocenters. The number of aryl methyl sites for hydroxylation is 1. The fraction of sp³-hybridized carbons (Fsp3) is 0.400. The molecule has 21 heavy (non-hydrogen) atoms. The van der Waals surface area contributed by atoms with Crippen LogP contribution in [0.5, 0.6) is 0 Å². The molecular formula is C15H19N3O2S. The number of hydrogen-bond acceptors (Lipinski definition) is 3. The number of rotatable bonds is 3. The van der Waals surface area contributed by atoms with E-state index in [1.54, 1.807) is 11.2 Å². The molecule has 0 spiro atoms. The molecule has 2 aromatic rings. The lowest BCUT2D eigenvalue weighted by Crippen LogP contribution is -2.36.